The summed E-state index contributed by atoms with van der Waals surface area (Å²) in [5.41, 5.74) is 0.630. The number of nitriles is 1. The molecule has 1 aromatic carbocycles. The number of nitrogens with zero attached hydrogens (tertiary/aromatic N) is 1. The van der Waals surface area contributed by atoms with Crippen molar-refractivity contribution in [2.45, 2.75) is 25.7 Å². The molecule has 3 heteroatoms. The maximum atomic E-state index is 13.2. The molecule has 14 heavy (non-hydrogen) atoms. The van der Waals surface area contributed by atoms with Crippen LogP contribution in [0.25, 0.3) is 0 Å². The van der Waals surface area contributed by atoms with Crippen LogP contribution in [0.4, 0.5) is 8.78 Å². The van der Waals surface area contributed by atoms with E-state index in [4.69, 9.17) is 5.26 Å². The first kappa shape index (κ1) is 10.6. The van der Waals surface area contributed by atoms with Crippen LogP contribution in [0.15, 0.2) is 24.3 Å². The Kier molecular flexibility index (Phi) is 3.19. The van der Waals surface area contributed by atoms with Gasteiger partial charge in [-0.2, -0.15) is 5.26 Å². The maximum absolute atomic E-state index is 13.2. The van der Waals surface area contributed by atoms with Gasteiger partial charge in [0.15, 0.2) is 0 Å². The summed E-state index contributed by atoms with van der Waals surface area (Å²) in [7, 11) is 0. The summed E-state index contributed by atoms with van der Waals surface area (Å²) in [6.45, 7) is 1.44. The number of benzene rings is 1. The molecule has 0 saturated heterocycles. The van der Waals surface area contributed by atoms with Crippen molar-refractivity contribution in [1.82, 2.24) is 0 Å². The molecule has 0 fully saturated rings. The fraction of sp³-hybridized carbons (Fsp3) is 0.364. The molecule has 0 aliphatic heterocycles. The molecule has 0 N–H and O–H groups in total. The maximum Gasteiger partial charge on any atom is 0.273 e. The minimum absolute atomic E-state index is 0.00671. The van der Waals surface area contributed by atoms with E-state index in [1.54, 1.807) is 12.1 Å². The van der Waals surface area contributed by atoms with Crippen molar-refractivity contribution in [1.29, 1.82) is 5.26 Å². The van der Waals surface area contributed by atoms with E-state index in [0.717, 1.165) is 0 Å². The Bertz CT molecular complexity index is 353. The highest BCUT2D eigenvalue weighted by Gasteiger charge is 2.28. The van der Waals surface area contributed by atoms with Gasteiger partial charge < -0.3 is 0 Å². The van der Waals surface area contributed by atoms with Gasteiger partial charge in [-0.1, -0.05) is 25.1 Å². The third-order valence-electron chi connectivity index (χ3n) is 2.08. The predicted molar refractivity (Wildman–Crippen MR) is 49.9 cm³/mol. The van der Waals surface area contributed by atoms with Gasteiger partial charge in [-0.05, 0) is 11.6 Å². The first-order valence-corrected chi connectivity index (χ1v) is 4.44. The van der Waals surface area contributed by atoms with Crippen LogP contribution in [-0.4, -0.2) is 0 Å². The second-order valence-electron chi connectivity index (χ2n) is 3.09. The summed E-state index contributed by atoms with van der Waals surface area (Å²) in [6, 6.07) is 7.96. The van der Waals surface area contributed by atoms with Crippen LogP contribution in [0.3, 0.4) is 0 Å². The highest BCUT2D eigenvalue weighted by molar-refractivity contribution is 5.28. The molecular formula is C11H11F2N. The first-order valence-electron chi connectivity index (χ1n) is 4.44. The summed E-state index contributed by atoms with van der Waals surface area (Å²) in [4.78, 5) is 0. The average Bonchev–Trinajstić information content (AvgIpc) is 2.19. The zero-order chi connectivity index (χ0) is 10.6. The first-order chi connectivity index (χ1) is 6.60. The van der Waals surface area contributed by atoms with Crippen molar-refractivity contribution in [2.75, 3.05) is 0 Å². The minimum Gasteiger partial charge on any atom is -0.201 e. The highest BCUT2D eigenvalue weighted by Crippen LogP contribution is 2.31. The zero-order valence-electron chi connectivity index (χ0n) is 7.93. The van der Waals surface area contributed by atoms with E-state index in [1.807, 2.05) is 6.07 Å². The molecular weight excluding hydrogens is 184 g/mol. The predicted octanol–water partition coefficient (Wildman–Crippen LogP) is 3.25. The Labute approximate surface area is 82.0 Å². The summed E-state index contributed by atoms with van der Waals surface area (Å²) >= 11 is 0. The van der Waals surface area contributed by atoms with Crippen molar-refractivity contribution in [2.24, 2.45) is 0 Å². The summed E-state index contributed by atoms with van der Waals surface area (Å²) in [5, 5.41) is 8.43. The van der Waals surface area contributed by atoms with E-state index < -0.39 is 5.92 Å². The van der Waals surface area contributed by atoms with Crippen molar-refractivity contribution in [3.63, 3.8) is 0 Å². The van der Waals surface area contributed by atoms with E-state index in [9.17, 15) is 8.78 Å². The van der Waals surface area contributed by atoms with E-state index in [1.165, 1.54) is 19.1 Å². The SMILES string of the molecule is CCC(F)(F)c1cccc(CC#N)c1. The third-order valence-corrected chi connectivity index (χ3v) is 2.08. The molecule has 0 bridgehead atoms. The lowest BCUT2D eigenvalue weighted by molar-refractivity contribution is -0.00834. The van der Waals surface area contributed by atoms with Gasteiger partial charge in [0.2, 0.25) is 0 Å². The number of halogens is 2. The fourth-order valence-electron chi connectivity index (χ4n) is 1.20. The Hall–Kier alpha value is -1.43. The molecule has 1 nitrogen and oxygen atoms in total. The molecule has 1 aromatic rings. The van der Waals surface area contributed by atoms with Crippen LogP contribution in [0, 0.1) is 11.3 Å². The Morgan fingerprint density at radius 2 is 2.14 bits per heavy atom. The summed E-state index contributed by atoms with van der Waals surface area (Å²) in [5.74, 6) is -2.79. The number of hydrogen-bond donors (Lipinski definition) is 0. The van der Waals surface area contributed by atoms with Gasteiger partial charge in [-0.3, -0.25) is 0 Å². The van der Waals surface area contributed by atoms with Gasteiger partial charge in [0.05, 0.1) is 12.5 Å². The van der Waals surface area contributed by atoms with E-state index in [2.05, 4.69) is 0 Å². The minimum atomic E-state index is -2.79. The van der Waals surface area contributed by atoms with E-state index in [-0.39, 0.29) is 18.4 Å². The largest absolute Gasteiger partial charge is 0.273 e. The third kappa shape index (κ3) is 2.29. The Morgan fingerprint density at radius 3 is 2.71 bits per heavy atom. The normalized spacial score (nSPS) is 11.0. The summed E-state index contributed by atoms with van der Waals surface area (Å²) < 4.78 is 26.4. The molecule has 0 aromatic heterocycles. The van der Waals surface area contributed by atoms with Crippen LogP contribution < -0.4 is 0 Å². The second kappa shape index (κ2) is 4.19. The highest BCUT2D eigenvalue weighted by atomic mass is 19.3. The van der Waals surface area contributed by atoms with Crippen molar-refractivity contribution in [3.8, 4) is 6.07 Å². The summed E-state index contributed by atoms with van der Waals surface area (Å²) in [6.07, 6.45) is -0.0450. The van der Waals surface area contributed by atoms with Gasteiger partial charge in [0.1, 0.15) is 0 Å². The smallest absolute Gasteiger partial charge is 0.201 e. The van der Waals surface area contributed by atoms with Crippen LogP contribution in [-0.2, 0) is 12.3 Å². The number of alkyl halides is 2. The lowest BCUT2D eigenvalue weighted by atomic mass is 10.0. The average molecular weight is 195 g/mol. The molecule has 0 unspecified atom stereocenters. The van der Waals surface area contributed by atoms with Gasteiger partial charge in [-0.25, -0.2) is 8.78 Å². The molecule has 0 radical (unpaired) electrons. The van der Waals surface area contributed by atoms with E-state index >= 15 is 0 Å². The molecule has 74 valence electrons. The van der Waals surface area contributed by atoms with Gasteiger partial charge in [0, 0.05) is 12.0 Å². The van der Waals surface area contributed by atoms with Gasteiger partial charge >= 0.3 is 0 Å². The Balaban J connectivity index is 3.00. The van der Waals surface area contributed by atoms with Crippen LogP contribution in [0.1, 0.15) is 24.5 Å². The zero-order valence-corrected chi connectivity index (χ0v) is 7.93. The van der Waals surface area contributed by atoms with Crippen LogP contribution in [0.2, 0.25) is 0 Å². The molecule has 0 aliphatic rings. The van der Waals surface area contributed by atoms with Crippen LogP contribution in [0.5, 0.6) is 0 Å². The molecule has 0 aliphatic carbocycles. The molecule has 0 saturated carbocycles. The standard InChI is InChI=1S/C11H11F2N/c1-2-11(12,13)10-5-3-4-9(8-10)6-7-14/h3-5,8H,2,6H2,1H3. The lowest BCUT2D eigenvalue weighted by Crippen LogP contribution is -2.11. The van der Waals surface area contributed by atoms with Crippen molar-refractivity contribution in [3.05, 3.63) is 35.4 Å². The molecule has 1 rings (SSSR count). The van der Waals surface area contributed by atoms with Gasteiger partial charge in [0.25, 0.3) is 5.92 Å². The lowest BCUT2D eigenvalue weighted by Gasteiger charge is -2.14. The number of rotatable bonds is 3. The Morgan fingerprint density at radius 1 is 1.43 bits per heavy atom. The molecule has 0 amide bonds. The fourth-order valence-corrected chi connectivity index (χ4v) is 1.20. The van der Waals surface area contributed by atoms with Crippen molar-refractivity contribution < 1.29 is 8.78 Å². The molecule has 0 atom stereocenters. The van der Waals surface area contributed by atoms with Crippen LogP contribution >= 0.6 is 0 Å². The molecule has 0 spiro atoms. The topological polar surface area (TPSA) is 23.8 Å². The monoisotopic (exact) mass is 195 g/mol. The quantitative estimate of drug-likeness (QED) is 0.726. The number of hydrogen-bond acceptors (Lipinski definition) is 1. The van der Waals surface area contributed by atoms with E-state index in [0.29, 0.717) is 5.56 Å². The van der Waals surface area contributed by atoms with Gasteiger partial charge in [-0.15, -0.1) is 0 Å². The molecule has 0 heterocycles. The van der Waals surface area contributed by atoms with Crippen molar-refractivity contribution >= 4 is 0 Å². The second-order valence-corrected chi connectivity index (χ2v) is 3.09.